The standard InChI is InChI=1S/C11H17NO2/c1-5-6-7-8-9-12-10(13)14-11(2,3)4/h5H,1,6,9H2,2-4H3,(H,12,13). The van der Waals surface area contributed by atoms with Crippen LogP contribution in [0.15, 0.2) is 12.7 Å². The Balaban J connectivity index is 3.66. The number of ether oxygens (including phenoxy) is 1. The first-order chi connectivity index (χ1) is 6.45. The van der Waals surface area contributed by atoms with Crippen LogP contribution in [0, 0.1) is 11.8 Å². The second-order valence-corrected chi connectivity index (χ2v) is 3.70. The highest BCUT2D eigenvalue weighted by atomic mass is 16.6. The van der Waals surface area contributed by atoms with E-state index in [0.717, 1.165) is 0 Å². The molecule has 0 unspecified atom stereocenters. The number of carbonyl (C=O) groups is 1. The molecule has 3 nitrogen and oxygen atoms in total. The Morgan fingerprint density at radius 3 is 2.64 bits per heavy atom. The van der Waals surface area contributed by atoms with E-state index in [9.17, 15) is 4.79 Å². The van der Waals surface area contributed by atoms with Gasteiger partial charge in [-0.05, 0) is 20.8 Å². The summed E-state index contributed by atoms with van der Waals surface area (Å²) < 4.78 is 5.01. The molecular formula is C11H17NO2. The van der Waals surface area contributed by atoms with E-state index in [2.05, 4.69) is 23.7 Å². The molecule has 0 bridgehead atoms. The SMILES string of the molecule is C=CCC#CCNC(=O)OC(C)(C)C. The van der Waals surface area contributed by atoms with Crippen molar-refractivity contribution >= 4 is 6.09 Å². The van der Waals surface area contributed by atoms with E-state index in [1.807, 2.05) is 20.8 Å². The minimum absolute atomic E-state index is 0.308. The van der Waals surface area contributed by atoms with Crippen LogP contribution in [-0.4, -0.2) is 18.2 Å². The lowest BCUT2D eigenvalue weighted by Crippen LogP contribution is -2.32. The van der Waals surface area contributed by atoms with E-state index in [4.69, 9.17) is 4.74 Å². The molecule has 0 aromatic carbocycles. The molecule has 1 amide bonds. The predicted octanol–water partition coefficient (Wildman–Crippen LogP) is 2.09. The molecule has 0 aliphatic heterocycles. The summed E-state index contributed by atoms with van der Waals surface area (Å²) in [4.78, 5) is 11.1. The van der Waals surface area contributed by atoms with Crippen LogP contribution in [0.1, 0.15) is 27.2 Å². The Morgan fingerprint density at radius 1 is 1.50 bits per heavy atom. The zero-order chi connectivity index (χ0) is 11.0. The molecule has 0 saturated carbocycles. The molecule has 0 aromatic rings. The van der Waals surface area contributed by atoms with Crippen LogP contribution in [0.25, 0.3) is 0 Å². The molecular weight excluding hydrogens is 178 g/mol. The summed E-state index contributed by atoms with van der Waals surface area (Å²) in [5.41, 5.74) is -0.460. The number of alkyl carbamates (subject to hydrolysis) is 1. The summed E-state index contributed by atoms with van der Waals surface area (Å²) in [6.07, 6.45) is 1.90. The Morgan fingerprint density at radius 2 is 2.14 bits per heavy atom. The lowest BCUT2D eigenvalue weighted by Gasteiger charge is -2.18. The minimum Gasteiger partial charge on any atom is -0.444 e. The summed E-state index contributed by atoms with van der Waals surface area (Å²) >= 11 is 0. The molecule has 0 spiro atoms. The number of hydrogen-bond acceptors (Lipinski definition) is 2. The summed E-state index contributed by atoms with van der Waals surface area (Å²) in [7, 11) is 0. The fourth-order valence-corrected chi connectivity index (χ4v) is 0.637. The maximum atomic E-state index is 11.1. The lowest BCUT2D eigenvalue weighted by atomic mass is 10.2. The van der Waals surface area contributed by atoms with Crippen LogP contribution >= 0.6 is 0 Å². The summed E-state index contributed by atoms with van der Waals surface area (Å²) in [6.45, 7) is 9.28. The van der Waals surface area contributed by atoms with Crippen LogP contribution < -0.4 is 5.32 Å². The second-order valence-electron chi connectivity index (χ2n) is 3.70. The molecule has 0 heterocycles. The first kappa shape index (κ1) is 12.6. The molecule has 0 radical (unpaired) electrons. The van der Waals surface area contributed by atoms with Gasteiger partial charge in [0.2, 0.25) is 0 Å². The maximum absolute atomic E-state index is 11.1. The first-order valence-corrected chi connectivity index (χ1v) is 4.49. The van der Waals surface area contributed by atoms with E-state index < -0.39 is 11.7 Å². The fraction of sp³-hybridized carbons (Fsp3) is 0.545. The van der Waals surface area contributed by atoms with Crippen molar-refractivity contribution in [2.75, 3.05) is 6.54 Å². The molecule has 78 valence electrons. The number of hydrogen-bond donors (Lipinski definition) is 1. The van der Waals surface area contributed by atoms with Gasteiger partial charge in [-0.25, -0.2) is 4.79 Å². The van der Waals surface area contributed by atoms with Crippen molar-refractivity contribution in [2.24, 2.45) is 0 Å². The van der Waals surface area contributed by atoms with Gasteiger partial charge in [-0.15, -0.1) is 6.58 Å². The van der Waals surface area contributed by atoms with Crippen molar-refractivity contribution in [3.63, 3.8) is 0 Å². The second kappa shape index (κ2) is 6.09. The highest BCUT2D eigenvalue weighted by molar-refractivity contribution is 5.67. The molecule has 0 aliphatic rings. The number of allylic oxidation sites excluding steroid dienone is 1. The zero-order valence-corrected chi connectivity index (χ0v) is 9.02. The van der Waals surface area contributed by atoms with Gasteiger partial charge in [-0.1, -0.05) is 17.9 Å². The van der Waals surface area contributed by atoms with Gasteiger partial charge in [0.1, 0.15) is 5.60 Å². The highest BCUT2D eigenvalue weighted by Crippen LogP contribution is 2.05. The number of rotatable bonds is 2. The van der Waals surface area contributed by atoms with Gasteiger partial charge in [0, 0.05) is 6.42 Å². The van der Waals surface area contributed by atoms with Gasteiger partial charge < -0.3 is 10.1 Å². The average Bonchev–Trinajstić information content (AvgIpc) is 2.00. The van der Waals surface area contributed by atoms with Gasteiger partial charge in [0.05, 0.1) is 6.54 Å². The summed E-state index contributed by atoms with van der Waals surface area (Å²) in [5, 5.41) is 2.53. The van der Waals surface area contributed by atoms with E-state index in [-0.39, 0.29) is 0 Å². The van der Waals surface area contributed by atoms with Crippen LogP contribution in [-0.2, 0) is 4.74 Å². The molecule has 0 aromatic heterocycles. The Labute approximate surface area is 85.5 Å². The largest absolute Gasteiger partial charge is 0.444 e. The number of nitrogens with one attached hydrogen (secondary N) is 1. The van der Waals surface area contributed by atoms with Crippen LogP contribution in [0.5, 0.6) is 0 Å². The average molecular weight is 195 g/mol. The van der Waals surface area contributed by atoms with Gasteiger partial charge in [-0.3, -0.25) is 0 Å². The minimum atomic E-state index is -0.460. The van der Waals surface area contributed by atoms with Crippen molar-refractivity contribution in [1.29, 1.82) is 0 Å². The van der Waals surface area contributed by atoms with Crippen LogP contribution in [0.2, 0.25) is 0 Å². The zero-order valence-electron chi connectivity index (χ0n) is 9.02. The van der Waals surface area contributed by atoms with E-state index in [0.29, 0.717) is 13.0 Å². The fourth-order valence-electron chi connectivity index (χ4n) is 0.637. The molecule has 3 heteroatoms. The van der Waals surface area contributed by atoms with Crippen LogP contribution in [0.4, 0.5) is 4.79 Å². The van der Waals surface area contributed by atoms with E-state index >= 15 is 0 Å². The van der Waals surface area contributed by atoms with Crippen molar-refractivity contribution in [3.05, 3.63) is 12.7 Å². The third kappa shape index (κ3) is 8.66. The molecule has 14 heavy (non-hydrogen) atoms. The predicted molar refractivity (Wildman–Crippen MR) is 56.8 cm³/mol. The van der Waals surface area contributed by atoms with Crippen molar-refractivity contribution in [1.82, 2.24) is 5.32 Å². The van der Waals surface area contributed by atoms with Gasteiger partial charge in [0.15, 0.2) is 0 Å². The quantitative estimate of drug-likeness (QED) is 0.541. The summed E-state index contributed by atoms with van der Waals surface area (Å²) in [5.74, 6) is 5.58. The highest BCUT2D eigenvalue weighted by Gasteiger charge is 2.14. The Bertz CT molecular complexity index is 253. The van der Waals surface area contributed by atoms with Gasteiger partial charge in [0.25, 0.3) is 0 Å². The number of amides is 1. The normalized spacial score (nSPS) is 9.64. The first-order valence-electron chi connectivity index (χ1n) is 4.49. The van der Waals surface area contributed by atoms with E-state index in [1.165, 1.54) is 0 Å². The van der Waals surface area contributed by atoms with Crippen molar-refractivity contribution < 1.29 is 9.53 Å². The third-order valence-corrected chi connectivity index (χ3v) is 1.09. The maximum Gasteiger partial charge on any atom is 0.408 e. The Hall–Kier alpha value is -1.43. The smallest absolute Gasteiger partial charge is 0.408 e. The van der Waals surface area contributed by atoms with Gasteiger partial charge >= 0.3 is 6.09 Å². The molecule has 1 N–H and O–H groups in total. The van der Waals surface area contributed by atoms with Crippen molar-refractivity contribution in [2.45, 2.75) is 32.8 Å². The molecule has 0 atom stereocenters. The monoisotopic (exact) mass is 195 g/mol. The van der Waals surface area contributed by atoms with Crippen LogP contribution in [0.3, 0.4) is 0 Å². The molecule has 0 saturated heterocycles. The topological polar surface area (TPSA) is 38.3 Å². The lowest BCUT2D eigenvalue weighted by molar-refractivity contribution is 0.0535. The molecule has 0 aliphatic carbocycles. The third-order valence-electron chi connectivity index (χ3n) is 1.09. The van der Waals surface area contributed by atoms with E-state index in [1.54, 1.807) is 6.08 Å². The number of carbonyl (C=O) groups excluding carboxylic acids is 1. The Kier molecular flexibility index (Phi) is 5.47. The summed E-state index contributed by atoms with van der Waals surface area (Å²) in [6, 6.07) is 0. The van der Waals surface area contributed by atoms with Crippen molar-refractivity contribution in [3.8, 4) is 11.8 Å². The molecule has 0 fully saturated rings. The molecule has 0 rings (SSSR count). The van der Waals surface area contributed by atoms with Gasteiger partial charge in [-0.2, -0.15) is 0 Å².